The number of anilines is 1. The maximum atomic E-state index is 11.9. The highest BCUT2D eigenvalue weighted by Crippen LogP contribution is 2.25. The van der Waals surface area contributed by atoms with Crippen molar-refractivity contribution >= 4 is 5.69 Å². The molecule has 1 aromatic rings. The van der Waals surface area contributed by atoms with Crippen LogP contribution in [0, 0.1) is 0 Å². The number of rotatable bonds is 2. The third kappa shape index (κ3) is 1.94. The number of nitrogen functional groups attached to an aromatic ring is 1. The first-order valence-electron chi connectivity index (χ1n) is 5.36. The molecule has 0 aromatic carbocycles. The molecular weight excluding hydrogens is 190 g/mol. The molecule has 4 nitrogen and oxygen atoms in total. The van der Waals surface area contributed by atoms with E-state index in [-0.39, 0.29) is 11.0 Å². The summed E-state index contributed by atoms with van der Waals surface area (Å²) in [5.74, 6) is 0. The van der Waals surface area contributed by atoms with Gasteiger partial charge in [0.15, 0.2) is 0 Å². The van der Waals surface area contributed by atoms with Crippen molar-refractivity contribution in [1.82, 2.24) is 9.36 Å². The summed E-state index contributed by atoms with van der Waals surface area (Å²) in [4.78, 5) is 11.9. The highest BCUT2D eigenvalue weighted by Gasteiger charge is 2.25. The standard InChI is InChI=1S/C11H21N3O/c1-6-7-14-10(15)8(12)9(13(14)5)11(2,3)4/h6-7,12H2,1-5H3. The van der Waals surface area contributed by atoms with E-state index in [0.29, 0.717) is 5.69 Å². The lowest BCUT2D eigenvalue weighted by Gasteiger charge is -2.21. The Kier molecular flexibility index (Phi) is 2.98. The molecule has 15 heavy (non-hydrogen) atoms. The summed E-state index contributed by atoms with van der Waals surface area (Å²) < 4.78 is 3.59. The van der Waals surface area contributed by atoms with Crippen LogP contribution >= 0.6 is 0 Å². The van der Waals surface area contributed by atoms with E-state index in [1.807, 2.05) is 18.7 Å². The van der Waals surface area contributed by atoms with Gasteiger partial charge in [0, 0.05) is 19.0 Å². The Morgan fingerprint density at radius 3 is 2.20 bits per heavy atom. The molecule has 0 saturated carbocycles. The van der Waals surface area contributed by atoms with Crippen LogP contribution in [0.3, 0.4) is 0 Å². The molecular formula is C11H21N3O. The summed E-state index contributed by atoms with van der Waals surface area (Å²) in [6, 6.07) is 0. The highest BCUT2D eigenvalue weighted by molar-refractivity contribution is 5.45. The maximum Gasteiger partial charge on any atom is 0.290 e. The number of aromatic nitrogens is 2. The van der Waals surface area contributed by atoms with Crippen LogP contribution in [0.25, 0.3) is 0 Å². The summed E-state index contributed by atoms with van der Waals surface area (Å²) in [6.07, 6.45) is 0.931. The topological polar surface area (TPSA) is 52.9 Å². The van der Waals surface area contributed by atoms with Gasteiger partial charge in [0.2, 0.25) is 0 Å². The summed E-state index contributed by atoms with van der Waals surface area (Å²) >= 11 is 0. The minimum Gasteiger partial charge on any atom is -0.393 e. The number of hydrogen-bond acceptors (Lipinski definition) is 2. The van der Waals surface area contributed by atoms with Gasteiger partial charge < -0.3 is 5.73 Å². The van der Waals surface area contributed by atoms with E-state index in [1.54, 1.807) is 4.68 Å². The number of nitrogens with two attached hydrogens (primary N) is 1. The monoisotopic (exact) mass is 211 g/mol. The van der Waals surface area contributed by atoms with Crippen molar-refractivity contribution < 1.29 is 0 Å². The average molecular weight is 211 g/mol. The Hall–Kier alpha value is -1.19. The second-order valence-electron chi connectivity index (χ2n) is 4.96. The Morgan fingerprint density at radius 1 is 1.33 bits per heavy atom. The summed E-state index contributed by atoms with van der Waals surface area (Å²) in [6.45, 7) is 8.96. The molecule has 1 heterocycles. The molecule has 0 atom stereocenters. The Morgan fingerprint density at radius 2 is 1.87 bits per heavy atom. The molecule has 0 aliphatic rings. The molecule has 4 heteroatoms. The predicted molar refractivity (Wildman–Crippen MR) is 63.1 cm³/mol. The van der Waals surface area contributed by atoms with Gasteiger partial charge in [0.05, 0.1) is 5.69 Å². The molecule has 0 saturated heterocycles. The van der Waals surface area contributed by atoms with E-state index in [4.69, 9.17) is 5.73 Å². The predicted octanol–water partition coefficient (Wildman–Crippen LogP) is 1.48. The van der Waals surface area contributed by atoms with E-state index >= 15 is 0 Å². The summed E-state index contributed by atoms with van der Waals surface area (Å²) in [5, 5.41) is 0. The first-order valence-corrected chi connectivity index (χ1v) is 5.36. The average Bonchev–Trinajstić information content (AvgIpc) is 2.29. The first kappa shape index (κ1) is 11.9. The maximum absolute atomic E-state index is 11.9. The van der Waals surface area contributed by atoms with Crippen LogP contribution < -0.4 is 11.3 Å². The molecule has 0 unspecified atom stereocenters. The normalized spacial score (nSPS) is 12.1. The van der Waals surface area contributed by atoms with Crippen molar-refractivity contribution in [1.29, 1.82) is 0 Å². The van der Waals surface area contributed by atoms with Gasteiger partial charge in [-0.25, -0.2) is 4.68 Å². The minimum absolute atomic E-state index is 0.0655. The Labute approximate surface area is 90.7 Å². The zero-order chi connectivity index (χ0) is 11.8. The van der Waals surface area contributed by atoms with Crippen molar-refractivity contribution in [2.45, 2.75) is 46.1 Å². The first-order chi connectivity index (χ1) is 6.80. The fraction of sp³-hybridized carbons (Fsp3) is 0.727. The Balaban J connectivity index is 3.44. The molecule has 0 spiro atoms. The zero-order valence-electron chi connectivity index (χ0n) is 10.3. The molecule has 1 aromatic heterocycles. The Bertz CT molecular complexity index is 407. The van der Waals surface area contributed by atoms with Gasteiger partial charge in [-0.1, -0.05) is 27.7 Å². The van der Waals surface area contributed by atoms with Gasteiger partial charge in [-0.15, -0.1) is 0 Å². The third-order valence-electron chi connectivity index (χ3n) is 2.55. The molecule has 0 bridgehead atoms. The van der Waals surface area contributed by atoms with Gasteiger partial charge in [-0.2, -0.15) is 0 Å². The van der Waals surface area contributed by atoms with Crippen molar-refractivity contribution in [3.63, 3.8) is 0 Å². The fourth-order valence-corrected chi connectivity index (χ4v) is 2.02. The summed E-state index contributed by atoms with van der Waals surface area (Å²) in [7, 11) is 1.90. The molecule has 0 aliphatic heterocycles. The van der Waals surface area contributed by atoms with Crippen LogP contribution in [0.1, 0.15) is 39.8 Å². The van der Waals surface area contributed by atoms with Crippen molar-refractivity contribution in [2.75, 3.05) is 5.73 Å². The van der Waals surface area contributed by atoms with Crippen LogP contribution in [0.5, 0.6) is 0 Å². The SMILES string of the molecule is CCCn1c(=O)c(N)c(C(C)(C)C)n1C. The third-order valence-corrected chi connectivity index (χ3v) is 2.55. The lowest BCUT2D eigenvalue weighted by molar-refractivity contribution is 0.438. The second kappa shape index (κ2) is 3.76. The van der Waals surface area contributed by atoms with Crippen molar-refractivity contribution in [3.05, 3.63) is 16.0 Å². The largest absolute Gasteiger partial charge is 0.393 e. The molecule has 0 amide bonds. The molecule has 0 aliphatic carbocycles. The molecule has 0 radical (unpaired) electrons. The van der Waals surface area contributed by atoms with E-state index in [0.717, 1.165) is 18.7 Å². The van der Waals surface area contributed by atoms with Crippen molar-refractivity contribution in [2.24, 2.45) is 7.05 Å². The molecule has 2 N–H and O–H groups in total. The van der Waals surface area contributed by atoms with E-state index < -0.39 is 0 Å². The number of nitrogens with zero attached hydrogens (tertiary/aromatic N) is 2. The van der Waals surface area contributed by atoms with Crippen LogP contribution in [-0.4, -0.2) is 9.36 Å². The molecule has 0 fully saturated rings. The second-order valence-corrected chi connectivity index (χ2v) is 4.96. The highest BCUT2D eigenvalue weighted by atomic mass is 16.1. The van der Waals surface area contributed by atoms with Crippen molar-refractivity contribution in [3.8, 4) is 0 Å². The van der Waals surface area contributed by atoms with Crippen LogP contribution in [0.4, 0.5) is 5.69 Å². The molecule has 86 valence electrons. The van der Waals surface area contributed by atoms with Gasteiger partial charge in [0.1, 0.15) is 5.69 Å². The van der Waals surface area contributed by atoms with Gasteiger partial charge in [-0.3, -0.25) is 9.48 Å². The lowest BCUT2D eigenvalue weighted by atomic mass is 9.91. The number of hydrogen-bond donors (Lipinski definition) is 1. The fourth-order valence-electron chi connectivity index (χ4n) is 2.02. The van der Waals surface area contributed by atoms with Gasteiger partial charge >= 0.3 is 0 Å². The minimum atomic E-state index is -0.100. The summed E-state index contributed by atoms with van der Waals surface area (Å²) in [5.41, 5.74) is 7.01. The van der Waals surface area contributed by atoms with Crippen LogP contribution in [0.2, 0.25) is 0 Å². The molecule has 1 rings (SSSR count). The van der Waals surface area contributed by atoms with E-state index in [1.165, 1.54) is 0 Å². The van der Waals surface area contributed by atoms with E-state index in [2.05, 4.69) is 20.8 Å². The smallest absolute Gasteiger partial charge is 0.290 e. The van der Waals surface area contributed by atoms with Crippen LogP contribution in [-0.2, 0) is 19.0 Å². The quantitative estimate of drug-likeness (QED) is 0.805. The van der Waals surface area contributed by atoms with Gasteiger partial charge in [0.25, 0.3) is 5.56 Å². The van der Waals surface area contributed by atoms with Gasteiger partial charge in [-0.05, 0) is 6.42 Å². The zero-order valence-corrected chi connectivity index (χ0v) is 10.3. The van der Waals surface area contributed by atoms with E-state index in [9.17, 15) is 4.79 Å². The van der Waals surface area contributed by atoms with Crippen LogP contribution in [0.15, 0.2) is 4.79 Å². The lowest BCUT2D eigenvalue weighted by Crippen LogP contribution is -2.23.